The molecule has 1 saturated carbocycles. The Morgan fingerprint density at radius 2 is 1.83 bits per heavy atom. The Bertz CT molecular complexity index is 625. The number of rotatable bonds is 5. The van der Waals surface area contributed by atoms with E-state index in [0.717, 1.165) is 25.9 Å². The van der Waals surface area contributed by atoms with Crippen LogP contribution < -0.4 is 14.8 Å². The fourth-order valence-electron chi connectivity index (χ4n) is 3.23. The van der Waals surface area contributed by atoms with E-state index in [9.17, 15) is 9.59 Å². The highest BCUT2D eigenvalue weighted by Crippen LogP contribution is 2.42. The van der Waals surface area contributed by atoms with Crippen LogP contribution in [0.2, 0.25) is 0 Å². The number of benzene rings is 1. The molecule has 0 radical (unpaired) electrons. The van der Waals surface area contributed by atoms with Crippen LogP contribution in [0, 0.1) is 11.8 Å². The molecule has 1 aromatic rings. The SMILES string of the molecule is COc1ccc(NC(=O)C2CC2C(=O)N2CCCCC2)c(OC)c1. The van der Waals surface area contributed by atoms with E-state index in [4.69, 9.17) is 9.47 Å². The summed E-state index contributed by atoms with van der Waals surface area (Å²) < 4.78 is 10.4. The van der Waals surface area contributed by atoms with Crippen LogP contribution in [-0.2, 0) is 9.59 Å². The van der Waals surface area contributed by atoms with Crippen LogP contribution in [0.1, 0.15) is 25.7 Å². The van der Waals surface area contributed by atoms with Crippen LogP contribution in [0.25, 0.3) is 0 Å². The molecule has 0 aromatic heterocycles. The average molecular weight is 332 g/mol. The molecule has 1 aliphatic carbocycles. The lowest BCUT2D eigenvalue weighted by Crippen LogP contribution is -2.37. The molecule has 0 bridgehead atoms. The quantitative estimate of drug-likeness (QED) is 0.898. The summed E-state index contributed by atoms with van der Waals surface area (Å²) >= 11 is 0. The largest absolute Gasteiger partial charge is 0.497 e. The van der Waals surface area contributed by atoms with Crippen LogP contribution in [0.3, 0.4) is 0 Å². The first-order valence-corrected chi connectivity index (χ1v) is 8.45. The predicted molar refractivity (Wildman–Crippen MR) is 90.2 cm³/mol. The fourth-order valence-corrected chi connectivity index (χ4v) is 3.23. The van der Waals surface area contributed by atoms with Gasteiger partial charge in [-0.2, -0.15) is 0 Å². The minimum Gasteiger partial charge on any atom is -0.497 e. The zero-order chi connectivity index (χ0) is 17.1. The van der Waals surface area contributed by atoms with E-state index in [1.807, 2.05) is 4.90 Å². The van der Waals surface area contributed by atoms with E-state index < -0.39 is 0 Å². The third-order valence-corrected chi connectivity index (χ3v) is 4.78. The van der Waals surface area contributed by atoms with Gasteiger partial charge in [0.15, 0.2) is 0 Å². The van der Waals surface area contributed by atoms with Gasteiger partial charge in [0.25, 0.3) is 0 Å². The smallest absolute Gasteiger partial charge is 0.228 e. The number of hydrogen-bond acceptors (Lipinski definition) is 4. The molecule has 1 aliphatic heterocycles. The molecule has 2 unspecified atom stereocenters. The second-order valence-corrected chi connectivity index (χ2v) is 6.39. The van der Waals surface area contributed by atoms with Crippen molar-refractivity contribution in [1.29, 1.82) is 0 Å². The first-order valence-electron chi connectivity index (χ1n) is 8.45. The molecule has 1 saturated heterocycles. The Kier molecular flexibility index (Phi) is 4.92. The molecular formula is C18H24N2O4. The van der Waals surface area contributed by atoms with Gasteiger partial charge in [0.2, 0.25) is 11.8 Å². The lowest BCUT2D eigenvalue weighted by Gasteiger charge is -2.26. The summed E-state index contributed by atoms with van der Waals surface area (Å²) in [5, 5.41) is 2.87. The zero-order valence-electron chi connectivity index (χ0n) is 14.2. The molecule has 2 amide bonds. The molecule has 2 fully saturated rings. The Hall–Kier alpha value is -2.24. The maximum Gasteiger partial charge on any atom is 0.228 e. The first kappa shape index (κ1) is 16.6. The number of carbonyl (C=O) groups is 2. The Morgan fingerprint density at radius 1 is 1.08 bits per heavy atom. The minimum absolute atomic E-state index is 0.117. The molecule has 130 valence electrons. The van der Waals surface area contributed by atoms with E-state index in [0.29, 0.717) is 23.6 Å². The van der Waals surface area contributed by atoms with E-state index in [1.165, 1.54) is 6.42 Å². The number of nitrogens with one attached hydrogen (secondary N) is 1. The fraction of sp³-hybridized carbons (Fsp3) is 0.556. The van der Waals surface area contributed by atoms with Gasteiger partial charge in [0.1, 0.15) is 11.5 Å². The van der Waals surface area contributed by atoms with Crippen molar-refractivity contribution in [2.45, 2.75) is 25.7 Å². The molecular weight excluding hydrogens is 308 g/mol. The van der Waals surface area contributed by atoms with Gasteiger partial charge in [0.05, 0.1) is 31.7 Å². The van der Waals surface area contributed by atoms with Gasteiger partial charge in [0, 0.05) is 19.2 Å². The van der Waals surface area contributed by atoms with Crippen molar-refractivity contribution >= 4 is 17.5 Å². The molecule has 3 rings (SSSR count). The summed E-state index contributed by atoms with van der Waals surface area (Å²) in [4.78, 5) is 26.8. The number of hydrogen-bond donors (Lipinski definition) is 1. The second-order valence-electron chi connectivity index (χ2n) is 6.39. The summed E-state index contributed by atoms with van der Waals surface area (Å²) in [5.74, 6) is 0.834. The average Bonchev–Trinajstić information content (AvgIpc) is 3.43. The zero-order valence-corrected chi connectivity index (χ0v) is 14.2. The summed E-state index contributed by atoms with van der Waals surface area (Å²) in [5.41, 5.74) is 0.597. The summed E-state index contributed by atoms with van der Waals surface area (Å²) in [6.07, 6.45) is 3.96. The highest BCUT2D eigenvalue weighted by molar-refractivity contribution is 6.00. The molecule has 6 heteroatoms. The molecule has 2 atom stereocenters. The van der Waals surface area contributed by atoms with E-state index in [2.05, 4.69) is 5.32 Å². The maximum atomic E-state index is 12.4. The van der Waals surface area contributed by atoms with Crippen LogP contribution in [0.5, 0.6) is 11.5 Å². The third kappa shape index (κ3) is 3.47. The van der Waals surface area contributed by atoms with Gasteiger partial charge in [-0.25, -0.2) is 0 Å². The Labute approximate surface area is 142 Å². The Balaban J connectivity index is 1.59. The Morgan fingerprint density at radius 3 is 2.50 bits per heavy atom. The van der Waals surface area contributed by atoms with Crippen molar-refractivity contribution in [2.24, 2.45) is 11.8 Å². The lowest BCUT2D eigenvalue weighted by molar-refractivity contribution is -0.134. The summed E-state index contributed by atoms with van der Waals surface area (Å²) in [6, 6.07) is 5.24. The maximum absolute atomic E-state index is 12.4. The van der Waals surface area contributed by atoms with Crippen LogP contribution in [0.15, 0.2) is 18.2 Å². The van der Waals surface area contributed by atoms with Gasteiger partial charge in [-0.05, 0) is 37.8 Å². The van der Waals surface area contributed by atoms with Crippen molar-refractivity contribution in [3.8, 4) is 11.5 Å². The van der Waals surface area contributed by atoms with E-state index in [1.54, 1.807) is 32.4 Å². The van der Waals surface area contributed by atoms with Crippen LogP contribution in [-0.4, -0.2) is 44.0 Å². The number of methoxy groups -OCH3 is 2. The normalized spacial score (nSPS) is 22.7. The van der Waals surface area contributed by atoms with Gasteiger partial charge < -0.3 is 19.7 Å². The van der Waals surface area contributed by atoms with Crippen LogP contribution >= 0.6 is 0 Å². The van der Waals surface area contributed by atoms with Crippen molar-refractivity contribution < 1.29 is 19.1 Å². The van der Waals surface area contributed by atoms with Gasteiger partial charge >= 0.3 is 0 Å². The van der Waals surface area contributed by atoms with Gasteiger partial charge in [-0.15, -0.1) is 0 Å². The standard InChI is InChI=1S/C18H24N2O4/c1-23-12-6-7-15(16(10-12)24-2)19-17(21)13-11-14(13)18(22)20-8-4-3-5-9-20/h6-7,10,13-14H,3-5,8-9,11H2,1-2H3,(H,19,21). The number of likely N-dealkylation sites (tertiary alicyclic amines) is 1. The summed E-state index contributed by atoms with van der Waals surface area (Å²) in [7, 11) is 3.12. The molecule has 1 aromatic carbocycles. The number of ether oxygens (including phenoxy) is 2. The lowest BCUT2D eigenvalue weighted by atomic mass is 10.1. The number of carbonyl (C=O) groups excluding carboxylic acids is 2. The van der Waals surface area contributed by atoms with Crippen molar-refractivity contribution in [2.75, 3.05) is 32.6 Å². The van der Waals surface area contributed by atoms with E-state index in [-0.39, 0.29) is 23.7 Å². The molecule has 0 spiro atoms. The van der Waals surface area contributed by atoms with Gasteiger partial charge in [-0.1, -0.05) is 0 Å². The van der Waals surface area contributed by atoms with Crippen molar-refractivity contribution in [3.05, 3.63) is 18.2 Å². The number of nitrogens with zero attached hydrogens (tertiary/aromatic N) is 1. The van der Waals surface area contributed by atoms with E-state index >= 15 is 0 Å². The summed E-state index contributed by atoms with van der Waals surface area (Å²) in [6.45, 7) is 1.66. The number of piperidine rings is 1. The predicted octanol–water partition coefficient (Wildman–Crippen LogP) is 2.29. The second kappa shape index (κ2) is 7.11. The third-order valence-electron chi connectivity index (χ3n) is 4.78. The molecule has 24 heavy (non-hydrogen) atoms. The highest BCUT2D eigenvalue weighted by Gasteiger charge is 2.49. The number of amides is 2. The highest BCUT2D eigenvalue weighted by atomic mass is 16.5. The first-order chi connectivity index (χ1) is 11.6. The molecule has 2 aliphatic rings. The van der Waals surface area contributed by atoms with Crippen LogP contribution in [0.4, 0.5) is 5.69 Å². The molecule has 1 heterocycles. The van der Waals surface area contributed by atoms with Crippen molar-refractivity contribution in [3.63, 3.8) is 0 Å². The van der Waals surface area contributed by atoms with Crippen molar-refractivity contribution in [1.82, 2.24) is 4.90 Å². The number of anilines is 1. The monoisotopic (exact) mass is 332 g/mol. The minimum atomic E-state index is -0.230. The molecule has 6 nitrogen and oxygen atoms in total. The molecule has 1 N–H and O–H groups in total. The topological polar surface area (TPSA) is 67.9 Å². The van der Waals surface area contributed by atoms with Gasteiger partial charge in [-0.3, -0.25) is 9.59 Å².